The maximum absolute atomic E-state index is 13.2. The minimum Gasteiger partial charge on any atom is -0.347 e. The molecule has 3 aromatic rings. The fraction of sp³-hybridized carbons (Fsp3) is 0.550. The van der Waals surface area contributed by atoms with Gasteiger partial charge in [0.1, 0.15) is 10.6 Å². The number of hydrogen-bond acceptors (Lipinski definition) is 8. The Morgan fingerprint density at radius 3 is 2.58 bits per heavy atom. The van der Waals surface area contributed by atoms with Crippen molar-refractivity contribution in [2.75, 3.05) is 43.0 Å². The number of anilines is 2. The molecule has 0 N–H and O–H groups in total. The Morgan fingerprint density at radius 2 is 1.85 bits per heavy atom. The number of amides is 1. The molecule has 0 atom stereocenters. The Morgan fingerprint density at radius 1 is 1.06 bits per heavy atom. The number of aromatic nitrogens is 5. The molecule has 0 bridgehead atoms. The summed E-state index contributed by atoms with van der Waals surface area (Å²) >= 11 is 1.59. The Kier molecular flexibility index (Phi) is 5.38. The SMILES string of the molecule is CCCc1cc2c(N3CCn4c(nnc4C(F)(F)F)C3)nc(N3CCN(C)C(=O)C3)nc2s1. The van der Waals surface area contributed by atoms with Crippen LogP contribution in [0.3, 0.4) is 0 Å². The number of rotatable bonds is 4. The number of piperazine rings is 1. The molecular weight excluding hydrogens is 457 g/mol. The summed E-state index contributed by atoms with van der Waals surface area (Å²) in [6, 6.07) is 2.07. The summed E-state index contributed by atoms with van der Waals surface area (Å²) in [5.74, 6) is 0.396. The largest absolute Gasteiger partial charge is 0.451 e. The third-order valence-corrected chi connectivity index (χ3v) is 7.04. The average Bonchev–Trinajstić information content (AvgIpc) is 3.38. The summed E-state index contributed by atoms with van der Waals surface area (Å²) in [5, 5.41) is 8.04. The van der Waals surface area contributed by atoms with E-state index in [9.17, 15) is 18.0 Å². The molecule has 2 aliphatic rings. The quantitative estimate of drug-likeness (QED) is 0.568. The molecule has 0 saturated carbocycles. The molecule has 9 nitrogen and oxygen atoms in total. The second-order valence-electron chi connectivity index (χ2n) is 8.28. The van der Waals surface area contributed by atoms with E-state index in [1.807, 2.05) is 9.80 Å². The second kappa shape index (κ2) is 8.12. The summed E-state index contributed by atoms with van der Waals surface area (Å²) in [6.45, 7) is 4.09. The molecule has 176 valence electrons. The van der Waals surface area contributed by atoms with Crippen LogP contribution in [0.5, 0.6) is 0 Å². The highest BCUT2D eigenvalue weighted by Crippen LogP contribution is 2.36. The highest BCUT2D eigenvalue weighted by atomic mass is 32.1. The van der Waals surface area contributed by atoms with Gasteiger partial charge in [0.2, 0.25) is 17.7 Å². The van der Waals surface area contributed by atoms with E-state index < -0.39 is 12.0 Å². The van der Waals surface area contributed by atoms with Gasteiger partial charge in [-0.2, -0.15) is 18.2 Å². The van der Waals surface area contributed by atoms with Gasteiger partial charge in [-0.05, 0) is 12.5 Å². The van der Waals surface area contributed by atoms with Gasteiger partial charge in [-0.3, -0.25) is 4.79 Å². The van der Waals surface area contributed by atoms with Crippen LogP contribution in [-0.2, 0) is 30.5 Å². The number of hydrogen-bond donors (Lipinski definition) is 0. The predicted molar refractivity (Wildman–Crippen MR) is 117 cm³/mol. The molecule has 2 aliphatic heterocycles. The molecule has 0 radical (unpaired) electrons. The molecule has 0 aliphatic carbocycles. The predicted octanol–water partition coefficient (Wildman–Crippen LogP) is 2.55. The Bertz CT molecular complexity index is 1210. The first-order valence-corrected chi connectivity index (χ1v) is 11.6. The highest BCUT2D eigenvalue weighted by molar-refractivity contribution is 7.18. The van der Waals surface area contributed by atoms with Crippen molar-refractivity contribution in [1.82, 2.24) is 29.6 Å². The molecule has 5 heterocycles. The lowest BCUT2D eigenvalue weighted by molar-refractivity contribution is -0.147. The standard InChI is InChI=1S/C20H23F3N8OS/c1-3-4-12-9-13-16(29-7-8-31-14(10-29)26-27-18(31)20(21,22)23)24-19(25-17(13)33-12)30-6-5-28(2)15(32)11-30/h9H,3-8,10-11H2,1-2H3. The minimum absolute atomic E-state index is 0.00453. The highest BCUT2D eigenvalue weighted by Gasteiger charge is 2.40. The van der Waals surface area contributed by atoms with E-state index in [0.29, 0.717) is 31.4 Å². The molecule has 0 unspecified atom stereocenters. The summed E-state index contributed by atoms with van der Waals surface area (Å²) in [6.07, 6.45) is -2.65. The number of fused-ring (bicyclic) bond motifs is 2. The van der Waals surface area contributed by atoms with Gasteiger partial charge < -0.3 is 19.3 Å². The summed E-state index contributed by atoms with van der Waals surface area (Å²) < 4.78 is 40.8. The van der Waals surface area contributed by atoms with Crippen molar-refractivity contribution < 1.29 is 18.0 Å². The zero-order valence-corrected chi connectivity index (χ0v) is 19.1. The smallest absolute Gasteiger partial charge is 0.347 e. The summed E-state index contributed by atoms with van der Waals surface area (Å²) in [5.41, 5.74) is 0. The molecule has 33 heavy (non-hydrogen) atoms. The first kappa shape index (κ1) is 21.9. The summed E-state index contributed by atoms with van der Waals surface area (Å²) in [4.78, 5) is 29.3. The first-order valence-electron chi connectivity index (χ1n) is 10.8. The Labute approximate surface area is 191 Å². The van der Waals surface area contributed by atoms with E-state index in [1.165, 1.54) is 4.88 Å². The molecule has 1 amide bonds. The molecule has 1 saturated heterocycles. The van der Waals surface area contributed by atoms with Gasteiger partial charge in [-0.25, -0.2) is 4.98 Å². The second-order valence-corrected chi connectivity index (χ2v) is 9.39. The zero-order valence-electron chi connectivity index (χ0n) is 18.3. The van der Waals surface area contributed by atoms with Crippen LogP contribution >= 0.6 is 11.3 Å². The maximum Gasteiger partial charge on any atom is 0.451 e. The van der Waals surface area contributed by atoms with Crippen molar-refractivity contribution >= 4 is 39.2 Å². The topological polar surface area (TPSA) is 83.3 Å². The van der Waals surface area contributed by atoms with Gasteiger partial charge >= 0.3 is 6.18 Å². The number of likely N-dealkylation sites (N-methyl/N-ethyl adjacent to an activating group) is 1. The van der Waals surface area contributed by atoms with E-state index in [0.717, 1.165) is 27.6 Å². The van der Waals surface area contributed by atoms with Crippen molar-refractivity contribution in [1.29, 1.82) is 0 Å². The van der Waals surface area contributed by atoms with Gasteiger partial charge in [-0.15, -0.1) is 21.5 Å². The van der Waals surface area contributed by atoms with Crippen LogP contribution < -0.4 is 9.80 Å². The lowest BCUT2D eigenvalue weighted by Gasteiger charge is -2.33. The van der Waals surface area contributed by atoms with Crippen LogP contribution in [0.1, 0.15) is 29.9 Å². The lowest BCUT2D eigenvalue weighted by Crippen LogP contribution is -2.49. The number of thiophene rings is 1. The lowest BCUT2D eigenvalue weighted by atomic mass is 10.2. The fourth-order valence-electron chi connectivity index (χ4n) is 4.17. The van der Waals surface area contributed by atoms with Crippen LogP contribution in [0.15, 0.2) is 6.07 Å². The Hall–Kier alpha value is -2.96. The molecule has 5 rings (SSSR count). The van der Waals surface area contributed by atoms with Crippen molar-refractivity contribution in [2.45, 2.75) is 39.0 Å². The van der Waals surface area contributed by atoms with Gasteiger partial charge in [0, 0.05) is 38.1 Å². The van der Waals surface area contributed by atoms with E-state index in [4.69, 9.17) is 9.97 Å². The third kappa shape index (κ3) is 3.98. The molecule has 3 aromatic heterocycles. The van der Waals surface area contributed by atoms with E-state index in [2.05, 4.69) is 23.2 Å². The maximum atomic E-state index is 13.2. The van der Waals surface area contributed by atoms with Crippen molar-refractivity contribution in [3.8, 4) is 0 Å². The number of carbonyl (C=O) groups is 1. The van der Waals surface area contributed by atoms with Gasteiger partial charge in [0.05, 0.1) is 18.5 Å². The number of carbonyl (C=O) groups excluding carboxylic acids is 1. The Balaban J connectivity index is 1.54. The number of alkyl halides is 3. The van der Waals surface area contributed by atoms with Gasteiger partial charge in [0.25, 0.3) is 0 Å². The average molecular weight is 481 g/mol. The fourth-order valence-corrected chi connectivity index (χ4v) is 5.29. The van der Waals surface area contributed by atoms with Crippen molar-refractivity contribution in [3.63, 3.8) is 0 Å². The minimum atomic E-state index is -4.54. The normalized spacial score (nSPS) is 17.2. The molecule has 13 heteroatoms. The monoisotopic (exact) mass is 480 g/mol. The van der Waals surface area contributed by atoms with Crippen LogP contribution in [0.4, 0.5) is 24.9 Å². The molecule has 0 spiro atoms. The molecular formula is C20H23F3N8OS. The molecule has 1 fully saturated rings. The first-order chi connectivity index (χ1) is 15.7. The van der Waals surface area contributed by atoms with E-state index in [-0.39, 0.29) is 31.4 Å². The zero-order chi connectivity index (χ0) is 23.3. The van der Waals surface area contributed by atoms with Crippen molar-refractivity contribution in [3.05, 3.63) is 22.6 Å². The summed E-state index contributed by atoms with van der Waals surface area (Å²) in [7, 11) is 1.77. The van der Waals surface area contributed by atoms with Crippen LogP contribution in [-0.4, -0.2) is 68.8 Å². The van der Waals surface area contributed by atoms with E-state index >= 15 is 0 Å². The number of nitrogens with zero attached hydrogens (tertiary/aromatic N) is 8. The molecule has 0 aromatic carbocycles. The van der Waals surface area contributed by atoms with Crippen molar-refractivity contribution in [2.24, 2.45) is 0 Å². The number of halogens is 3. The van der Waals surface area contributed by atoms with Crippen LogP contribution in [0.25, 0.3) is 10.2 Å². The number of aryl methyl sites for hydroxylation is 1. The van der Waals surface area contributed by atoms with Crippen LogP contribution in [0.2, 0.25) is 0 Å². The van der Waals surface area contributed by atoms with Gasteiger partial charge in [-0.1, -0.05) is 13.3 Å². The van der Waals surface area contributed by atoms with E-state index in [1.54, 1.807) is 23.3 Å². The third-order valence-electron chi connectivity index (χ3n) is 5.95. The van der Waals surface area contributed by atoms with Gasteiger partial charge in [0.15, 0.2) is 5.82 Å². The van der Waals surface area contributed by atoms with Crippen LogP contribution in [0, 0.1) is 0 Å².